The molecule has 1 fully saturated rings. The van der Waals surface area contributed by atoms with Gasteiger partial charge in [-0.25, -0.2) is 8.78 Å². The van der Waals surface area contributed by atoms with Crippen LogP contribution in [-0.4, -0.2) is 25.0 Å². The molecule has 1 nitrogen and oxygen atoms in total. The molecule has 0 atom stereocenters. The Morgan fingerprint density at radius 3 is 2.00 bits per heavy atom. The van der Waals surface area contributed by atoms with Crippen molar-refractivity contribution in [3.05, 3.63) is 35.4 Å². The van der Waals surface area contributed by atoms with Crippen molar-refractivity contribution in [3.8, 4) is 0 Å². The highest BCUT2D eigenvalue weighted by Gasteiger charge is 2.42. The second-order valence-corrected chi connectivity index (χ2v) is 5.96. The molecule has 2 rings (SSSR count). The summed E-state index contributed by atoms with van der Waals surface area (Å²) in [5, 5.41) is 0. The van der Waals surface area contributed by atoms with E-state index in [2.05, 4.69) is 4.90 Å². The molecule has 0 bridgehead atoms. The van der Waals surface area contributed by atoms with Gasteiger partial charge in [0.1, 0.15) is 0 Å². The highest BCUT2D eigenvalue weighted by atomic mass is 19.3. The highest BCUT2D eigenvalue weighted by Crippen LogP contribution is 2.44. The summed E-state index contributed by atoms with van der Waals surface area (Å²) in [7, 11) is 4.06. The monoisotopic (exact) mass is 267 g/mol. The topological polar surface area (TPSA) is 3.24 Å². The molecule has 0 spiro atoms. The molecule has 19 heavy (non-hydrogen) atoms. The van der Waals surface area contributed by atoms with E-state index in [9.17, 15) is 8.78 Å². The lowest BCUT2D eigenvalue weighted by Crippen LogP contribution is -2.36. The van der Waals surface area contributed by atoms with E-state index in [-0.39, 0.29) is 5.56 Å². The number of hydrogen-bond donors (Lipinski definition) is 0. The second kappa shape index (κ2) is 5.58. The van der Waals surface area contributed by atoms with Crippen molar-refractivity contribution in [2.45, 2.75) is 44.6 Å². The minimum Gasteiger partial charge on any atom is -0.306 e. The van der Waals surface area contributed by atoms with Crippen LogP contribution >= 0.6 is 0 Å². The van der Waals surface area contributed by atoms with Crippen molar-refractivity contribution in [2.24, 2.45) is 5.92 Å². The Morgan fingerprint density at radius 1 is 1.00 bits per heavy atom. The first kappa shape index (κ1) is 14.4. The third-order valence-corrected chi connectivity index (χ3v) is 4.38. The van der Waals surface area contributed by atoms with Gasteiger partial charge < -0.3 is 4.90 Å². The van der Waals surface area contributed by atoms with Crippen molar-refractivity contribution in [1.29, 1.82) is 0 Å². The largest absolute Gasteiger partial charge is 0.306 e. The Kier molecular flexibility index (Phi) is 4.24. The van der Waals surface area contributed by atoms with Crippen LogP contribution in [0, 0.1) is 12.8 Å². The van der Waals surface area contributed by atoms with Crippen molar-refractivity contribution in [1.82, 2.24) is 4.90 Å². The summed E-state index contributed by atoms with van der Waals surface area (Å²) >= 11 is 0. The van der Waals surface area contributed by atoms with Crippen LogP contribution in [-0.2, 0) is 5.92 Å². The lowest BCUT2D eigenvalue weighted by molar-refractivity contribution is -0.0831. The molecule has 0 heterocycles. The summed E-state index contributed by atoms with van der Waals surface area (Å²) in [6.07, 6.45) is 2.98. The van der Waals surface area contributed by atoms with Crippen molar-refractivity contribution < 1.29 is 8.78 Å². The van der Waals surface area contributed by atoms with Gasteiger partial charge >= 0.3 is 0 Å². The molecule has 0 aromatic heterocycles. The smallest absolute Gasteiger partial charge is 0.276 e. The number of hydrogen-bond acceptors (Lipinski definition) is 1. The van der Waals surface area contributed by atoms with E-state index in [1.807, 2.05) is 21.0 Å². The number of aryl methyl sites for hydroxylation is 1. The molecular weight excluding hydrogens is 244 g/mol. The van der Waals surface area contributed by atoms with Crippen LogP contribution in [0.1, 0.15) is 36.8 Å². The number of benzene rings is 1. The van der Waals surface area contributed by atoms with Crippen molar-refractivity contribution >= 4 is 0 Å². The zero-order valence-electron chi connectivity index (χ0n) is 12.0. The van der Waals surface area contributed by atoms with E-state index in [1.165, 1.54) is 0 Å². The number of nitrogens with zero attached hydrogens (tertiary/aromatic N) is 1. The maximum atomic E-state index is 14.5. The quantitative estimate of drug-likeness (QED) is 0.793. The van der Waals surface area contributed by atoms with Gasteiger partial charge in [-0.2, -0.15) is 0 Å². The predicted octanol–water partition coefficient (Wildman–Crippen LogP) is 4.21. The average Bonchev–Trinajstić information content (AvgIpc) is 2.39. The maximum absolute atomic E-state index is 14.5. The summed E-state index contributed by atoms with van der Waals surface area (Å²) < 4.78 is 29.0. The molecule has 1 aliphatic carbocycles. The Hall–Kier alpha value is -0.960. The lowest BCUT2D eigenvalue weighted by atomic mass is 9.79. The van der Waals surface area contributed by atoms with Crippen LogP contribution in [0.15, 0.2) is 24.3 Å². The molecule has 0 unspecified atom stereocenters. The van der Waals surface area contributed by atoms with Gasteiger partial charge in [0.15, 0.2) is 0 Å². The standard InChI is InChI=1S/C16H23F2N/c1-12-4-6-13(7-5-12)16(17,18)14-8-10-15(11-9-14)19(2)3/h4-7,14-15H,8-11H2,1-3H3. The molecule has 1 aromatic rings. The highest BCUT2D eigenvalue weighted by molar-refractivity contribution is 5.25. The maximum Gasteiger partial charge on any atom is 0.276 e. The van der Waals surface area contributed by atoms with Gasteiger partial charge in [-0.15, -0.1) is 0 Å². The van der Waals surface area contributed by atoms with Crippen LogP contribution in [0.3, 0.4) is 0 Å². The molecule has 1 aromatic carbocycles. The molecule has 0 saturated heterocycles. The van der Waals surface area contributed by atoms with E-state index >= 15 is 0 Å². The van der Waals surface area contributed by atoms with Crippen LogP contribution in [0.4, 0.5) is 8.78 Å². The van der Waals surface area contributed by atoms with Gasteiger partial charge in [-0.3, -0.25) is 0 Å². The van der Waals surface area contributed by atoms with E-state index in [0.717, 1.165) is 18.4 Å². The van der Waals surface area contributed by atoms with Crippen molar-refractivity contribution in [3.63, 3.8) is 0 Å². The fourth-order valence-corrected chi connectivity index (χ4v) is 2.97. The minimum atomic E-state index is -2.69. The molecule has 0 aliphatic heterocycles. The molecule has 0 radical (unpaired) electrons. The first-order valence-electron chi connectivity index (χ1n) is 7.02. The zero-order valence-corrected chi connectivity index (χ0v) is 12.0. The average molecular weight is 267 g/mol. The molecule has 106 valence electrons. The second-order valence-electron chi connectivity index (χ2n) is 5.96. The predicted molar refractivity (Wildman–Crippen MR) is 74.5 cm³/mol. The van der Waals surface area contributed by atoms with Gasteiger partial charge in [0.2, 0.25) is 0 Å². The SMILES string of the molecule is Cc1ccc(C(F)(F)C2CCC(N(C)C)CC2)cc1. The number of alkyl halides is 2. The molecule has 3 heteroatoms. The first-order valence-corrected chi connectivity index (χ1v) is 7.02. The third-order valence-electron chi connectivity index (χ3n) is 4.38. The van der Waals surface area contributed by atoms with Gasteiger partial charge in [0.05, 0.1) is 0 Å². The molecule has 1 saturated carbocycles. The Balaban J connectivity index is 2.07. The first-order chi connectivity index (χ1) is 8.91. The lowest BCUT2D eigenvalue weighted by Gasteiger charge is -2.36. The summed E-state index contributed by atoms with van der Waals surface area (Å²) in [4.78, 5) is 2.15. The van der Waals surface area contributed by atoms with Crippen LogP contribution in [0.25, 0.3) is 0 Å². The van der Waals surface area contributed by atoms with E-state index in [1.54, 1.807) is 24.3 Å². The Morgan fingerprint density at radius 2 is 1.53 bits per heavy atom. The van der Waals surface area contributed by atoms with Crippen molar-refractivity contribution in [2.75, 3.05) is 14.1 Å². The molecular formula is C16H23F2N. The minimum absolute atomic E-state index is 0.173. The van der Waals surface area contributed by atoms with Crippen LogP contribution < -0.4 is 0 Å². The van der Waals surface area contributed by atoms with E-state index in [0.29, 0.717) is 18.9 Å². The van der Waals surface area contributed by atoms with Crippen LogP contribution in [0.2, 0.25) is 0 Å². The molecule has 0 N–H and O–H groups in total. The van der Waals surface area contributed by atoms with Gasteiger partial charge in [0, 0.05) is 17.5 Å². The van der Waals surface area contributed by atoms with Gasteiger partial charge in [0.25, 0.3) is 5.92 Å². The Bertz CT molecular complexity index is 403. The fraction of sp³-hybridized carbons (Fsp3) is 0.625. The number of rotatable bonds is 3. The van der Waals surface area contributed by atoms with E-state index < -0.39 is 11.8 Å². The summed E-state index contributed by atoms with van der Waals surface area (Å²) in [5.41, 5.74) is 1.20. The van der Waals surface area contributed by atoms with Gasteiger partial charge in [-0.05, 0) is 46.7 Å². The third kappa shape index (κ3) is 3.14. The molecule has 0 amide bonds. The summed E-state index contributed by atoms with van der Waals surface area (Å²) in [6.45, 7) is 1.92. The Labute approximate surface area is 114 Å². The fourth-order valence-electron chi connectivity index (χ4n) is 2.97. The summed E-state index contributed by atoms with van der Waals surface area (Å²) in [5.74, 6) is -3.20. The van der Waals surface area contributed by atoms with Gasteiger partial charge in [-0.1, -0.05) is 29.8 Å². The normalized spacial score (nSPS) is 24.7. The molecule has 1 aliphatic rings. The zero-order chi connectivity index (χ0) is 14.0. The van der Waals surface area contributed by atoms with E-state index in [4.69, 9.17) is 0 Å². The number of halogens is 2. The summed E-state index contributed by atoms with van der Waals surface area (Å²) in [6, 6.07) is 7.16. The van der Waals surface area contributed by atoms with Crippen LogP contribution in [0.5, 0.6) is 0 Å².